The van der Waals surface area contributed by atoms with Gasteiger partial charge in [0.05, 0.1) is 44.4 Å². The first-order valence-corrected chi connectivity index (χ1v) is 9.78. The van der Waals surface area contributed by atoms with Crippen LogP contribution in [-0.4, -0.2) is 62.0 Å². The Hall–Kier alpha value is -2.16. The summed E-state index contributed by atoms with van der Waals surface area (Å²) < 4.78 is 16.7. The summed E-state index contributed by atoms with van der Waals surface area (Å²) in [6.45, 7) is 6.09. The van der Waals surface area contributed by atoms with E-state index in [0.717, 1.165) is 26.2 Å². The molecule has 1 aromatic heterocycles. The monoisotopic (exact) mass is 426 g/mol. The molecule has 1 aliphatic heterocycles. The molecule has 160 valence electrons. The second kappa shape index (κ2) is 10.0. The Morgan fingerprint density at radius 2 is 2.00 bits per heavy atom. The van der Waals surface area contributed by atoms with E-state index < -0.39 is 17.2 Å². The van der Waals surface area contributed by atoms with Gasteiger partial charge in [-0.15, -0.1) is 0 Å². The van der Waals surface area contributed by atoms with Gasteiger partial charge in [-0.05, 0) is 25.5 Å². The second-order valence-electron chi connectivity index (χ2n) is 7.26. The number of piperazine rings is 1. The highest BCUT2D eigenvalue weighted by atomic mass is 35.5. The number of quaternary nitrogens is 1. The summed E-state index contributed by atoms with van der Waals surface area (Å²) in [6, 6.07) is 2.98. The molecule has 9 heteroatoms. The Morgan fingerprint density at radius 1 is 1.31 bits per heavy atom. The minimum atomic E-state index is -0.505. The van der Waals surface area contributed by atoms with E-state index in [-0.39, 0.29) is 36.5 Å². The van der Waals surface area contributed by atoms with Crippen molar-refractivity contribution >= 4 is 22.5 Å². The molecule has 29 heavy (non-hydrogen) atoms. The molecule has 1 saturated heterocycles. The number of rotatable bonds is 6. The molecule has 0 bridgehead atoms. The maximum atomic E-state index is 14.9. The average Bonchev–Trinajstić information content (AvgIpc) is 2.69. The van der Waals surface area contributed by atoms with E-state index in [1.54, 1.807) is 6.07 Å². The zero-order valence-electron chi connectivity index (χ0n) is 16.8. The smallest absolute Gasteiger partial charge is 0.256 e. The largest absolute Gasteiger partial charge is 1.00 e. The summed E-state index contributed by atoms with van der Waals surface area (Å²) >= 11 is 0. The molecule has 7 nitrogen and oxygen atoms in total. The van der Waals surface area contributed by atoms with E-state index in [9.17, 15) is 14.0 Å². The minimum Gasteiger partial charge on any atom is -1.00 e. The van der Waals surface area contributed by atoms with Crippen LogP contribution in [0.25, 0.3) is 10.9 Å². The molecular formula is C20H28ClFN4O3. The number of benzene rings is 1. The van der Waals surface area contributed by atoms with Gasteiger partial charge in [0.1, 0.15) is 11.4 Å². The normalized spacial score (nSPS) is 14.7. The molecule has 0 saturated carbocycles. The number of aliphatic hydroxyl groups is 1. The number of aliphatic hydroxyl groups excluding tert-OH is 1. The Bertz CT molecular complexity index is 926. The molecule has 1 fully saturated rings. The molecule has 0 spiro atoms. The van der Waals surface area contributed by atoms with Crippen molar-refractivity contribution in [3.63, 3.8) is 0 Å². The predicted molar refractivity (Wildman–Crippen MR) is 107 cm³/mol. The van der Waals surface area contributed by atoms with Crippen LogP contribution >= 0.6 is 0 Å². The number of nitrogens with one attached hydrogen (secondary N) is 2. The Labute approximate surface area is 175 Å². The van der Waals surface area contributed by atoms with Gasteiger partial charge in [0, 0.05) is 31.3 Å². The van der Waals surface area contributed by atoms with Gasteiger partial charge in [0.15, 0.2) is 0 Å². The van der Waals surface area contributed by atoms with Crippen molar-refractivity contribution in [3.05, 3.63) is 39.9 Å². The number of pyridine rings is 1. The van der Waals surface area contributed by atoms with Crippen molar-refractivity contribution in [2.75, 3.05) is 51.3 Å². The Kier molecular flexibility index (Phi) is 8.01. The molecule has 3 rings (SSSR count). The minimum absolute atomic E-state index is 0. The molecule has 0 radical (unpaired) electrons. The van der Waals surface area contributed by atoms with Crippen LogP contribution in [0, 0.1) is 5.82 Å². The summed E-state index contributed by atoms with van der Waals surface area (Å²) in [5, 5.41) is 11.7. The Balaban J connectivity index is 0.00000300. The lowest BCUT2D eigenvalue weighted by Crippen LogP contribution is -3.12. The number of carbonyl (C=O) groups is 1. The fraction of sp³-hybridized carbons (Fsp3) is 0.500. The lowest BCUT2D eigenvalue weighted by Gasteiger charge is -2.32. The maximum Gasteiger partial charge on any atom is 0.256 e. The highest BCUT2D eigenvalue weighted by Crippen LogP contribution is 2.25. The third-order valence-corrected chi connectivity index (χ3v) is 5.31. The van der Waals surface area contributed by atoms with E-state index in [1.807, 2.05) is 16.4 Å². The van der Waals surface area contributed by atoms with Gasteiger partial charge < -0.3 is 37.2 Å². The number of hydrogen-bond acceptors (Lipinski definition) is 4. The molecule has 1 amide bonds. The van der Waals surface area contributed by atoms with Gasteiger partial charge in [-0.2, -0.15) is 0 Å². The predicted octanol–water partition coefficient (Wildman–Crippen LogP) is -3.39. The van der Waals surface area contributed by atoms with Gasteiger partial charge in [-0.25, -0.2) is 4.39 Å². The zero-order valence-corrected chi connectivity index (χ0v) is 17.6. The van der Waals surface area contributed by atoms with Crippen molar-refractivity contribution in [1.29, 1.82) is 0 Å². The van der Waals surface area contributed by atoms with Gasteiger partial charge in [-0.3, -0.25) is 9.59 Å². The van der Waals surface area contributed by atoms with Crippen LogP contribution in [-0.2, 0) is 6.54 Å². The number of amides is 1. The number of anilines is 1. The Morgan fingerprint density at radius 3 is 2.62 bits per heavy atom. The first kappa shape index (κ1) is 23.1. The summed E-state index contributed by atoms with van der Waals surface area (Å²) in [4.78, 5) is 28.7. The number of likely N-dealkylation sites (N-methyl/N-ethyl adjacent to an activating group) is 1. The summed E-state index contributed by atoms with van der Waals surface area (Å²) in [5.41, 5.74) is 0.640. The fourth-order valence-corrected chi connectivity index (χ4v) is 3.57. The molecule has 0 aliphatic carbocycles. The van der Waals surface area contributed by atoms with Crippen LogP contribution in [0.15, 0.2) is 23.1 Å². The van der Waals surface area contributed by atoms with Crippen LogP contribution in [0.5, 0.6) is 0 Å². The van der Waals surface area contributed by atoms with E-state index >= 15 is 0 Å². The number of halogens is 2. The molecule has 0 unspecified atom stereocenters. The average molecular weight is 427 g/mol. The summed E-state index contributed by atoms with van der Waals surface area (Å²) in [5.74, 6) is -0.946. The quantitative estimate of drug-likeness (QED) is 0.421. The van der Waals surface area contributed by atoms with Crippen LogP contribution in [0.1, 0.15) is 23.7 Å². The standard InChI is InChI=1S/C20H27FN4O3.ClH/c1-3-24-13-15(20(28)22-5-4-10-26)19(27)14-11-16(21)18(12-17(14)24)25-8-6-23(2)7-9-25;/h11-13,26H,3-10H2,1-2H3,(H,22,28);1H. The second-order valence-corrected chi connectivity index (χ2v) is 7.26. The van der Waals surface area contributed by atoms with Crippen LogP contribution < -0.4 is 33.0 Å². The first-order chi connectivity index (χ1) is 13.5. The van der Waals surface area contributed by atoms with Crippen molar-refractivity contribution in [2.24, 2.45) is 0 Å². The zero-order chi connectivity index (χ0) is 20.3. The van der Waals surface area contributed by atoms with Crippen LogP contribution in [0.4, 0.5) is 10.1 Å². The SMILES string of the molecule is CCn1cc(C(=O)NCCCO)c(=O)c2cc(F)c(N3CC[NH+](C)CC3)cc21.[Cl-]. The van der Waals surface area contributed by atoms with Crippen LogP contribution in [0.2, 0.25) is 0 Å². The third-order valence-electron chi connectivity index (χ3n) is 5.31. The molecule has 0 atom stereocenters. The van der Waals surface area contributed by atoms with Crippen LogP contribution in [0.3, 0.4) is 0 Å². The number of nitrogens with zero attached hydrogens (tertiary/aromatic N) is 2. The molecule has 3 N–H and O–H groups in total. The van der Waals surface area contributed by atoms with Gasteiger partial charge in [0.2, 0.25) is 5.43 Å². The van der Waals surface area contributed by atoms with Crippen molar-refractivity contribution < 1.29 is 31.6 Å². The van der Waals surface area contributed by atoms with E-state index in [2.05, 4.69) is 12.4 Å². The molecular weight excluding hydrogens is 399 g/mol. The van der Waals surface area contributed by atoms with E-state index in [4.69, 9.17) is 5.11 Å². The maximum absolute atomic E-state index is 14.9. The van der Waals surface area contributed by atoms with Crippen molar-refractivity contribution in [3.8, 4) is 0 Å². The highest BCUT2D eigenvalue weighted by Gasteiger charge is 2.22. The topological polar surface area (TPSA) is 79.0 Å². The lowest BCUT2D eigenvalue weighted by molar-refractivity contribution is -0.880. The fourth-order valence-electron chi connectivity index (χ4n) is 3.57. The van der Waals surface area contributed by atoms with Gasteiger partial charge in [-0.1, -0.05) is 0 Å². The number of hydrogen-bond donors (Lipinski definition) is 3. The van der Waals surface area contributed by atoms with Gasteiger partial charge >= 0.3 is 0 Å². The summed E-state index contributed by atoms with van der Waals surface area (Å²) in [7, 11) is 2.12. The number of carbonyl (C=O) groups excluding carboxylic acids is 1. The molecule has 2 heterocycles. The molecule has 2 aromatic rings. The van der Waals surface area contributed by atoms with E-state index in [1.165, 1.54) is 17.2 Å². The number of fused-ring (bicyclic) bond motifs is 1. The number of aromatic nitrogens is 1. The lowest BCUT2D eigenvalue weighted by atomic mass is 10.1. The third kappa shape index (κ3) is 4.88. The van der Waals surface area contributed by atoms with E-state index in [0.29, 0.717) is 24.2 Å². The van der Waals surface area contributed by atoms with Crippen molar-refractivity contribution in [1.82, 2.24) is 9.88 Å². The highest BCUT2D eigenvalue weighted by molar-refractivity contribution is 5.97. The van der Waals surface area contributed by atoms with Gasteiger partial charge in [0.25, 0.3) is 5.91 Å². The van der Waals surface area contributed by atoms with Crippen molar-refractivity contribution in [2.45, 2.75) is 19.9 Å². The molecule has 1 aliphatic rings. The number of aryl methyl sites for hydroxylation is 1. The first-order valence-electron chi connectivity index (χ1n) is 9.78. The summed E-state index contributed by atoms with van der Waals surface area (Å²) in [6.07, 6.45) is 1.95. The molecule has 1 aromatic carbocycles.